The van der Waals surface area contributed by atoms with Crippen molar-refractivity contribution in [3.63, 3.8) is 0 Å². The number of hydrogen-bond acceptors (Lipinski definition) is 4. The van der Waals surface area contributed by atoms with E-state index in [-0.39, 0.29) is 11.9 Å². The number of amides is 2. The van der Waals surface area contributed by atoms with Gasteiger partial charge in [0.1, 0.15) is 0 Å². The Kier molecular flexibility index (Phi) is 4.08. The number of rotatable bonds is 4. The van der Waals surface area contributed by atoms with Crippen molar-refractivity contribution in [2.75, 3.05) is 18.4 Å². The van der Waals surface area contributed by atoms with E-state index in [1.165, 1.54) is 11.3 Å². The van der Waals surface area contributed by atoms with E-state index < -0.39 is 11.4 Å². The number of likely N-dealkylation sites (tertiary alicyclic amines) is 1. The molecule has 1 aliphatic heterocycles. The third-order valence-electron chi connectivity index (χ3n) is 4.85. The zero-order valence-electron chi connectivity index (χ0n) is 12.7. The molecule has 22 heavy (non-hydrogen) atoms. The van der Waals surface area contributed by atoms with Crippen LogP contribution in [0.4, 0.5) is 9.93 Å². The summed E-state index contributed by atoms with van der Waals surface area (Å²) in [5.74, 6) is -0.674. The number of nitrogens with zero attached hydrogens (tertiary/aromatic N) is 2. The van der Waals surface area contributed by atoms with E-state index in [0.29, 0.717) is 24.6 Å². The Bertz CT molecular complexity index is 588. The zero-order chi connectivity index (χ0) is 15.7. The molecule has 1 aliphatic carbocycles. The number of anilines is 1. The molecule has 6 nitrogen and oxygen atoms in total. The monoisotopic (exact) mass is 323 g/mol. The first-order chi connectivity index (χ1) is 10.5. The SMILES string of the molecule is CCCc1cnc(NC(=O)N2C[C@@H]3CCC[C@@]3(C(=O)O)C2)s1. The zero-order valence-corrected chi connectivity index (χ0v) is 13.5. The van der Waals surface area contributed by atoms with Gasteiger partial charge >= 0.3 is 12.0 Å². The lowest BCUT2D eigenvalue weighted by molar-refractivity contribution is -0.149. The van der Waals surface area contributed by atoms with E-state index in [4.69, 9.17) is 0 Å². The van der Waals surface area contributed by atoms with Crippen LogP contribution in [0.3, 0.4) is 0 Å². The average molecular weight is 323 g/mol. The topological polar surface area (TPSA) is 82.5 Å². The second-order valence-corrected chi connectivity index (χ2v) is 7.36. The van der Waals surface area contributed by atoms with Crippen LogP contribution in [0.2, 0.25) is 0 Å². The Morgan fingerprint density at radius 1 is 1.59 bits per heavy atom. The van der Waals surface area contributed by atoms with Crippen LogP contribution < -0.4 is 5.32 Å². The fraction of sp³-hybridized carbons (Fsp3) is 0.667. The maximum absolute atomic E-state index is 12.4. The molecule has 1 aromatic heterocycles. The van der Waals surface area contributed by atoms with Crippen LogP contribution in [0.1, 0.15) is 37.5 Å². The third kappa shape index (κ3) is 2.58. The molecule has 2 N–H and O–H groups in total. The number of aromatic nitrogens is 1. The molecule has 1 saturated heterocycles. The molecule has 7 heteroatoms. The number of fused-ring (bicyclic) bond motifs is 1. The molecule has 2 atom stereocenters. The number of carboxylic acids is 1. The fourth-order valence-corrected chi connectivity index (χ4v) is 4.60. The summed E-state index contributed by atoms with van der Waals surface area (Å²) < 4.78 is 0. The number of carboxylic acid groups (broad SMARTS) is 1. The van der Waals surface area contributed by atoms with Gasteiger partial charge in [0.15, 0.2) is 5.13 Å². The standard InChI is InChI=1S/C15H21N3O3S/c1-2-4-11-7-16-13(22-11)17-14(21)18-8-10-5-3-6-15(10,9-18)12(19)20/h7,10H,2-6,8-9H2,1H3,(H,19,20)(H,16,17,21)/t10-,15+/m0/s1. The minimum absolute atomic E-state index is 0.0858. The van der Waals surface area contributed by atoms with Gasteiger partial charge in [0.25, 0.3) is 0 Å². The molecule has 2 fully saturated rings. The largest absolute Gasteiger partial charge is 0.481 e. The minimum atomic E-state index is -0.759. The van der Waals surface area contributed by atoms with E-state index >= 15 is 0 Å². The van der Waals surface area contributed by atoms with E-state index in [0.717, 1.165) is 30.6 Å². The molecule has 2 amide bonds. The van der Waals surface area contributed by atoms with E-state index in [1.54, 1.807) is 11.1 Å². The van der Waals surface area contributed by atoms with Gasteiger partial charge in [0.05, 0.1) is 5.41 Å². The van der Waals surface area contributed by atoms with Gasteiger partial charge in [-0.25, -0.2) is 9.78 Å². The van der Waals surface area contributed by atoms with Gasteiger partial charge in [0.2, 0.25) is 0 Å². The van der Waals surface area contributed by atoms with Crippen molar-refractivity contribution in [2.45, 2.75) is 39.0 Å². The predicted octanol–water partition coefficient (Wildman–Crippen LogP) is 2.81. The molecular formula is C15H21N3O3S. The molecule has 0 unspecified atom stereocenters. The quantitative estimate of drug-likeness (QED) is 0.892. The lowest BCUT2D eigenvalue weighted by Gasteiger charge is -2.23. The first-order valence-corrected chi connectivity index (χ1v) is 8.61. The van der Waals surface area contributed by atoms with Crippen molar-refractivity contribution in [1.29, 1.82) is 0 Å². The summed E-state index contributed by atoms with van der Waals surface area (Å²) in [7, 11) is 0. The second kappa shape index (κ2) is 5.87. The van der Waals surface area contributed by atoms with Gasteiger partial charge in [-0.1, -0.05) is 19.8 Å². The van der Waals surface area contributed by atoms with Crippen molar-refractivity contribution < 1.29 is 14.7 Å². The number of thiazole rings is 1. The summed E-state index contributed by atoms with van der Waals surface area (Å²) in [6.07, 6.45) is 6.31. The molecule has 0 spiro atoms. The summed E-state index contributed by atoms with van der Waals surface area (Å²) >= 11 is 1.49. The average Bonchev–Trinajstić information content (AvgIpc) is 3.12. The number of urea groups is 1. The number of carbonyl (C=O) groups excluding carboxylic acids is 1. The molecule has 3 rings (SSSR count). The van der Waals surface area contributed by atoms with E-state index in [9.17, 15) is 14.7 Å². The fourth-order valence-electron chi connectivity index (χ4n) is 3.69. The normalized spacial score (nSPS) is 27.0. The highest BCUT2D eigenvalue weighted by Crippen LogP contribution is 2.48. The highest BCUT2D eigenvalue weighted by atomic mass is 32.1. The van der Waals surface area contributed by atoms with Crippen molar-refractivity contribution in [3.05, 3.63) is 11.1 Å². The Hall–Kier alpha value is -1.63. The molecule has 0 radical (unpaired) electrons. The number of aryl methyl sites for hydroxylation is 1. The van der Waals surface area contributed by atoms with Gasteiger partial charge in [-0.3, -0.25) is 10.1 Å². The highest BCUT2D eigenvalue weighted by Gasteiger charge is 2.55. The number of hydrogen-bond donors (Lipinski definition) is 2. The Morgan fingerprint density at radius 2 is 2.41 bits per heavy atom. The van der Waals surface area contributed by atoms with Crippen LogP contribution in [-0.2, 0) is 11.2 Å². The molecular weight excluding hydrogens is 302 g/mol. The maximum atomic E-state index is 12.4. The molecule has 0 bridgehead atoms. The number of aliphatic carboxylic acids is 1. The minimum Gasteiger partial charge on any atom is -0.481 e. The van der Waals surface area contributed by atoms with Crippen LogP contribution in [0.5, 0.6) is 0 Å². The Balaban J connectivity index is 1.65. The first kappa shape index (κ1) is 15.3. The molecule has 2 heterocycles. The summed E-state index contributed by atoms with van der Waals surface area (Å²) in [5, 5.41) is 13.0. The summed E-state index contributed by atoms with van der Waals surface area (Å²) in [4.78, 5) is 31.0. The van der Waals surface area contributed by atoms with Crippen molar-refractivity contribution in [3.8, 4) is 0 Å². The van der Waals surface area contributed by atoms with Gasteiger partial charge in [0, 0.05) is 24.2 Å². The smallest absolute Gasteiger partial charge is 0.323 e. The lowest BCUT2D eigenvalue weighted by atomic mass is 9.81. The Labute approximate surface area is 133 Å². The van der Waals surface area contributed by atoms with Crippen LogP contribution in [-0.4, -0.2) is 40.1 Å². The van der Waals surface area contributed by atoms with Crippen LogP contribution >= 0.6 is 11.3 Å². The van der Waals surface area contributed by atoms with Gasteiger partial charge in [-0.05, 0) is 25.2 Å². The van der Waals surface area contributed by atoms with Crippen LogP contribution in [0.25, 0.3) is 0 Å². The molecule has 2 aliphatic rings. The van der Waals surface area contributed by atoms with E-state index in [2.05, 4.69) is 17.2 Å². The third-order valence-corrected chi connectivity index (χ3v) is 5.82. The number of carbonyl (C=O) groups is 2. The second-order valence-electron chi connectivity index (χ2n) is 6.24. The summed E-state index contributed by atoms with van der Waals surface area (Å²) in [5.41, 5.74) is -0.729. The summed E-state index contributed by atoms with van der Waals surface area (Å²) in [6.45, 7) is 2.95. The maximum Gasteiger partial charge on any atom is 0.323 e. The summed E-state index contributed by atoms with van der Waals surface area (Å²) in [6, 6.07) is -0.229. The van der Waals surface area contributed by atoms with Crippen LogP contribution in [0, 0.1) is 11.3 Å². The molecule has 120 valence electrons. The van der Waals surface area contributed by atoms with Crippen molar-refractivity contribution >= 4 is 28.5 Å². The first-order valence-electron chi connectivity index (χ1n) is 7.79. The Morgan fingerprint density at radius 3 is 3.09 bits per heavy atom. The van der Waals surface area contributed by atoms with Gasteiger partial charge in [-0.2, -0.15) is 0 Å². The van der Waals surface area contributed by atoms with Gasteiger partial charge in [-0.15, -0.1) is 11.3 Å². The van der Waals surface area contributed by atoms with Crippen molar-refractivity contribution in [1.82, 2.24) is 9.88 Å². The lowest BCUT2D eigenvalue weighted by Crippen LogP contribution is -2.38. The van der Waals surface area contributed by atoms with Gasteiger partial charge < -0.3 is 10.0 Å². The highest BCUT2D eigenvalue weighted by molar-refractivity contribution is 7.15. The number of nitrogens with one attached hydrogen (secondary N) is 1. The van der Waals surface area contributed by atoms with E-state index in [1.807, 2.05) is 0 Å². The molecule has 1 saturated carbocycles. The van der Waals surface area contributed by atoms with Crippen LogP contribution in [0.15, 0.2) is 6.20 Å². The van der Waals surface area contributed by atoms with Crippen molar-refractivity contribution in [2.24, 2.45) is 11.3 Å². The molecule has 1 aromatic rings. The predicted molar refractivity (Wildman–Crippen MR) is 84.1 cm³/mol. The molecule has 0 aromatic carbocycles.